The first-order valence-corrected chi connectivity index (χ1v) is 8.47. The van der Waals surface area contributed by atoms with Crippen molar-refractivity contribution in [2.24, 2.45) is 5.73 Å². The molecule has 1 saturated carbocycles. The van der Waals surface area contributed by atoms with E-state index in [1.807, 2.05) is 11.8 Å². The van der Waals surface area contributed by atoms with E-state index in [9.17, 15) is 0 Å². The molecular weight excluding hydrogens is 254 g/mol. The molecule has 1 unspecified atom stereocenters. The van der Waals surface area contributed by atoms with Gasteiger partial charge in [0.25, 0.3) is 0 Å². The first-order valence-electron chi connectivity index (χ1n) is 7.32. The fourth-order valence-corrected chi connectivity index (χ4v) is 4.12. The molecule has 0 aromatic heterocycles. The summed E-state index contributed by atoms with van der Waals surface area (Å²) in [6.45, 7) is 2.13. The number of nitrogens with two attached hydrogens (primary N) is 1. The monoisotopic (exact) mass is 277 g/mol. The molecule has 19 heavy (non-hydrogen) atoms. The molecule has 3 heteroatoms. The Morgan fingerprint density at radius 1 is 1.26 bits per heavy atom. The lowest BCUT2D eigenvalue weighted by Crippen LogP contribution is -2.32. The molecule has 0 amide bonds. The van der Waals surface area contributed by atoms with Crippen LogP contribution in [0.25, 0.3) is 0 Å². The molecule has 2 aliphatic rings. The van der Waals surface area contributed by atoms with Crippen LogP contribution in [0.1, 0.15) is 38.2 Å². The average Bonchev–Trinajstić information content (AvgIpc) is 3.22. The molecule has 3 rings (SSSR count). The summed E-state index contributed by atoms with van der Waals surface area (Å²) in [5, 5.41) is 0. The number of thioether (sulfide) groups is 1. The predicted molar refractivity (Wildman–Crippen MR) is 82.0 cm³/mol. The molecule has 1 atom stereocenters. The lowest BCUT2D eigenvalue weighted by Gasteiger charge is -2.27. The Morgan fingerprint density at radius 3 is 2.58 bits per heavy atom. The summed E-state index contributed by atoms with van der Waals surface area (Å²) in [5.41, 5.74) is 7.72. The van der Waals surface area contributed by atoms with Gasteiger partial charge in [-0.1, -0.05) is 18.2 Å². The zero-order valence-corrected chi connectivity index (χ0v) is 12.4. The van der Waals surface area contributed by atoms with E-state index in [4.69, 9.17) is 10.5 Å². The van der Waals surface area contributed by atoms with Gasteiger partial charge in [0.1, 0.15) is 11.9 Å². The van der Waals surface area contributed by atoms with Gasteiger partial charge in [0.2, 0.25) is 0 Å². The van der Waals surface area contributed by atoms with Crippen molar-refractivity contribution in [2.45, 2.75) is 50.2 Å². The number of rotatable bonds is 4. The third-order valence-corrected chi connectivity index (χ3v) is 5.59. The Bertz CT molecular complexity index is 436. The number of ether oxygens (including phenoxy) is 1. The molecule has 1 aromatic rings. The maximum absolute atomic E-state index is 6.29. The summed E-state index contributed by atoms with van der Waals surface area (Å²) in [6, 6.07) is 8.73. The van der Waals surface area contributed by atoms with Crippen molar-refractivity contribution in [1.82, 2.24) is 0 Å². The molecule has 2 N–H and O–H groups in total. The van der Waals surface area contributed by atoms with Crippen molar-refractivity contribution in [2.75, 3.05) is 11.5 Å². The number of hydrogen-bond donors (Lipinski definition) is 1. The van der Waals surface area contributed by atoms with Gasteiger partial charge < -0.3 is 10.5 Å². The molecule has 104 valence electrons. The van der Waals surface area contributed by atoms with E-state index < -0.39 is 0 Å². The van der Waals surface area contributed by atoms with E-state index in [1.54, 1.807) is 0 Å². The van der Waals surface area contributed by atoms with E-state index in [0.29, 0.717) is 6.10 Å². The third-order valence-electron chi connectivity index (χ3n) is 4.55. The van der Waals surface area contributed by atoms with Gasteiger partial charge >= 0.3 is 0 Å². The summed E-state index contributed by atoms with van der Waals surface area (Å²) < 4.78 is 6.29. The molecular formula is C16H23NOS. The van der Waals surface area contributed by atoms with Gasteiger partial charge in [-0.25, -0.2) is 0 Å². The predicted octanol–water partition coefficient (Wildman–Crippen LogP) is 3.34. The second-order valence-electron chi connectivity index (χ2n) is 5.87. The first kappa shape index (κ1) is 13.3. The molecule has 0 bridgehead atoms. The molecule has 2 fully saturated rings. The van der Waals surface area contributed by atoms with Gasteiger partial charge in [0.05, 0.1) is 0 Å². The Morgan fingerprint density at radius 2 is 1.95 bits per heavy atom. The fourth-order valence-electron chi connectivity index (χ4n) is 3.06. The maximum Gasteiger partial charge on any atom is 0.123 e. The first-order chi connectivity index (χ1) is 9.22. The molecule has 2 nitrogen and oxygen atoms in total. The summed E-state index contributed by atoms with van der Waals surface area (Å²) in [5.74, 6) is 3.53. The standard InChI is InChI=1S/C16H23NOS/c1-12(17)16(8-9-16)14-4-2-3-5-15(14)18-13-6-10-19-11-7-13/h2-5,12-13H,6-11,17H2,1H3. The van der Waals surface area contributed by atoms with E-state index in [0.717, 1.165) is 5.75 Å². The minimum Gasteiger partial charge on any atom is -0.490 e. The summed E-state index contributed by atoms with van der Waals surface area (Å²) in [6.07, 6.45) is 5.14. The lowest BCUT2D eigenvalue weighted by molar-refractivity contribution is 0.188. The molecule has 1 heterocycles. The summed E-state index contributed by atoms with van der Waals surface area (Å²) in [4.78, 5) is 0. The highest BCUT2D eigenvalue weighted by Gasteiger charge is 2.49. The summed E-state index contributed by atoms with van der Waals surface area (Å²) in [7, 11) is 0. The SMILES string of the molecule is CC(N)C1(c2ccccc2OC2CCSCC2)CC1. The lowest BCUT2D eigenvalue weighted by atomic mass is 9.89. The van der Waals surface area contributed by atoms with Gasteiger partial charge in [0, 0.05) is 17.0 Å². The van der Waals surface area contributed by atoms with Gasteiger partial charge in [-0.05, 0) is 50.2 Å². The smallest absolute Gasteiger partial charge is 0.123 e. The van der Waals surface area contributed by atoms with Crippen molar-refractivity contribution in [3.05, 3.63) is 29.8 Å². The quantitative estimate of drug-likeness (QED) is 0.917. The van der Waals surface area contributed by atoms with Crippen LogP contribution in [-0.2, 0) is 5.41 Å². The molecule has 0 radical (unpaired) electrons. The maximum atomic E-state index is 6.29. The van der Waals surface area contributed by atoms with Crippen LogP contribution in [0, 0.1) is 0 Å². The Kier molecular flexibility index (Phi) is 3.77. The highest BCUT2D eigenvalue weighted by molar-refractivity contribution is 7.99. The molecule has 0 spiro atoms. The highest BCUT2D eigenvalue weighted by atomic mass is 32.2. The summed E-state index contributed by atoms with van der Waals surface area (Å²) >= 11 is 2.04. The number of benzene rings is 1. The van der Waals surface area contributed by atoms with E-state index in [1.165, 1.54) is 42.8 Å². The van der Waals surface area contributed by atoms with Crippen molar-refractivity contribution < 1.29 is 4.74 Å². The Hall–Kier alpha value is -0.670. The minimum atomic E-state index is 0.181. The van der Waals surface area contributed by atoms with Gasteiger partial charge in [-0.15, -0.1) is 0 Å². The van der Waals surface area contributed by atoms with Gasteiger partial charge in [-0.2, -0.15) is 11.8 Å². The normalized spacial score (nSPS) is 23.9. The van der Waals surface area contributed by atoms with Crippen LogP contribution in [0.2, 0.25) is 0 Å². The van der Waals surface area contributed by atoms with Gasteiger partial charge in [-0.3, -0.25) is 0 Å². The third kappa shape index (κ3) is 2.63. The molecule has 1 saturated heterocycles. The van der Waals surface area contributed by atoms with Crippen molar-refractivity contribution in [3.8, 4) is 5.75 Å². The molecule has 1 aliphatic heterocycles. The van der Waals surface area contributed by atoms with Crippen LogP contribution in [0.5, 0.6) is 5.75 Å². The zero-order valence-electron chi connectivity index (χ0n) is 11.6. The van der Waals surface area contributed by atoms with Crippen LogP contribution in [0.3, 0.4) is 0 Å². The highest BCUT2D eigenvalue weighted by Crippen LogP contribution is 2.53. The van der Waals surface area contributed by atoms with Gasteiger partial charge in [0.15, 0.2) is 0 Å². The van der Waals surface area contributed by atoms with Crippen molar-refractivity contribution >= 4 is 11.8 Å². The van der Waals surface area contributed by atoms with Crippen LogP contribution in [0.15, 0.2) is 24.3 Å². The largest absolute Gasteiger partial charge is 0.490 e. The second-order valence-corrected chi connectivity index (χ2v) is 7.10. The van der Waals surface area contributed by atoms with E-state index >= 15 is 0 Å². The van der Waals surface area contributed by atoms with E-state index in [-0.39, 0.29) is 11.5 Å². The van der Waals surface area contributed by atoms with E-state index in [2.05, 4.69) is 31.2 Å². The average molecular weight is 277 g/mol. The zero-order chi connectivity index (χ0) is 13.3. The van der Waals surface area contributed by atoms with Crippen LogP contribution < -0.4 is 10.5 Å². The molecule has 1 aromatic carbocycles. The second kappa shape index (κ2) is 5.37. The minimum absolute atomic E-state index is 0.181. The van der Waals surface area contributed by atoms with Crippen LogP contribution >= 0.6 is 11.8 Å². The van der Waals surface area contributed by atoms with Crippen molar-refractivity contribution in [1.29, 1.82) is 0 Å². The Balaban J connectivity index is 1.81. The Labute approximate surface area is 120 Å². The topological polar surface area (TPSA) is 35.2 Å². The number of para-hydroxylation sites is 1. The fraction of sp³-hybridized carbons (Fsp3) is 0.625. The van der Waals surface area contributed by atoms with Crippen LogP contribution in [0.4, 0.5) is 0 Å². The number of hydrogen-bond acceptors (Lipinski definition) is 3. The van der Waals surface area contributed by atoms with Crippen molar-refractivity contribution in [3.63, 3.8) is 0 Å². The molecule has 1 aliphatic carbocycles. The van der Waals surface area contributed by atoms with Crippen LogP contribution in [-0.4, -0.2) is 23.7 Å².